The Morgan fingerprint density at radius 2 is 1.73 bits per heavy atom. The molecule has 1 aliphatic heterocycles. The van der Waals surface area contributed by atoms with E-state index in [2.05, 4.69) is 37.5 Å². The van der Waals surface area contributed by atoms with Gasteiger partial charge in [0, 0.05) is 31.7 Å². The van der Waals surface area contributed by atoms with Crippen molar-refractivity contribution in [1.82, 2.24) is 20.1 Å². The van der Waals surface area contributed by atoms with Crippen LogP contribution in [0.1, 0.15) is 16.8 Å². The van der Waals surface area contributed by atoms with Crippen molar-refractivity contribution in [3.8, 4) is 5.75 Å². The van der Waals surface area contributed by atoms with Crippen molar-refractivity contribution in [3.05, 3.63) is 75.7 Å². The third-order valence-corrected chi connectivity index (χ3v) is 5.02. The monoisotopic (exact) mass is 407 g/mol. The van der Waals surface area contributed by atoms with Crippen LogP contribution < -0.4 is 15.6 Å². The number of aromatic nitrogens is 3. The van der Waals surface area contributed by atoms with E-state index in [-0.39, 0.29) is 5.56 Å². The number of hydrogen-bond acceptors (Lipinski definition) is 7. The summed E-state index contributed by atoms with van der Waals surface area (Å²) in [5.74, 6) is 1.09. The number of ether oxygens (including phenoxy) is 2. The summed E-state index contributed by atoms with van der Waals surface area (Å²) in [5, 5.41) is 11.3. The topological polar surface area (TPSA) is 92.4 Å². The molecule has 8 heteroatoms. The molecule has 4 rings (SSSR count). The second-order valence-corrected chi connectivity index (χ2v) is 7.18. The van der Waals surface area contributed by atoms with E-state index >= 15 is 0 Å². The molecule has 0 spiro atoms. The largest absolute Gasteiger partial charge is 0.497 e. The number of benzene rings is 2. The van der Waals surface area contributed by atoms with Crippen molar-refractivity contribution >= 4 is 11.6 Å². The molecule has 1 fully saturated rings. The molecule has 156 valence electrons. The molecule has 2 N–H and O–H groups in total. The third-order valence-electron chi connectivity index (χ3n) is 5.02. The molecule has 0 unspecified atom stereocenters. The molecule has 8 nitrogen and oxygen atoms in total. The van der Waals surface area contributed by atoms with Crippen LogP contribution in [0.3, 0.4) is 0 Å². The number of nitrogens with zero attached hydrogens (tertiary/aromatic N) is 3. The van der Waals surface area contributed by atoms with E-state index in [4.69, 9.17) is 9.47 Å². The Balaban J connectivity index is 1.37. The minimum absolute atomic E-state index is 0.257. The summed E-state index contributed by atoms with van der Waals surface area (Å²) in [6.07, 6.45) is 0.406. The Bertz CT molecular complexity index is 1010. The first-order valence-corrected chi connectivity index (χ1v) is 9.94. The highest BCUT2D eigenvalue weighted by Crippen LogP contribution is 2.16. The minimum Gasteiger partial charge on any atom is -0.497 e. The Morgan fingerprint density at radius 1 is 1.03 bits per heavy atom. The highest BCUT2D eigenvalue weighted by atomic mass is 16.5. The van der Waals surface area contributed by atoms with Crippen molar-refractivity contribution in [3.63, 3.8) is 0 Å². The maximum atomic E-state index is 12.4. The van der Waals surface area contributed by atoms with E-state index in [1.807, 2.05) is 36.4 Å². The first-order valence-electron chi connectivity index (χ1n) is 9.94. The number of nitrogens with one attached hydrogen (secondary N) is 2. The Kier molecular flexibility index (Phi) is 6.36. The maximum absolute atomic E-state index is 12.4. The third kappa shape index (κ3) is 5.22. The van der Waals surface area contributed by atoms with Gasteiger partial charge in [-0.2, -0.15) is 0 Å². The van der Waals surface area contributed by atoms with Crippen LogP contribution in [0.15, 0.2) is 53.3 Å². The first kappa shape index (κ1) is 20.1. The van der Waals surface area contributed by atoms with Crippen LogP contribution >= 0.6 is 0 Å². The number of H-pyrrole nitrogens is 1. The highest BCUT2D eigenvalue weighted by Gasteiger charge is 2.11. The Morgan fingerprint density at radius 3 is 2.40 bits per heavy atom. The lowest BCUT2D eigenvalue weighted by Crippen LogP contribution is -2.35. The number of rotatable bonds is 7. The van der Waals surface area contributed by atoms with Crippen LogP contribution in [0, 0.1) is 0 Å². The SMILES string of the molecule is COc1ccc(Cc2nnc(Nc3ccc(CN4CCOCC4)cc3)[nH]c2=O)cc1. The predicted octanol–water partition coefficient (Wildman–Crippen LogP) is 2.34. The van der Waals surface area contributed by atoms with E-state index in [1.165, 1.54) is 5.56 Å². The second-order valence-electron chi connectivity index (χ2n) is 7.18. The van der Waals surface area contributed by atoms with Gasteiger partial charge in [-0.25, -0.2) is 0 Å². The van der Waals surface area contributed by atoms with Crippen molar-refractivity contribution in [2.24, 2.45) is 0 Å². The maximum Gasteiger partial charge on any atom is 0.274 e. The normalized spacial score (nSPS) is 14.4. The van der Waals surface area contributed by atoms with Gasteiger partial charge >= 0.3 is 0 Å². The fourth-order valence-corrected chi connectivity index (χ4v) is 3.32. The lowest BCUT2D eigenvalue weighted by atomic mass is 10.1. The lowest BCUT2D eigenvalue weighted by Gasteiger charge is -2.26. The van der Waals surface area contributed by atoms with Crippen LogP contribution in [0.25, 0.3) is 0 Å². The average Bonchev–Trinajstić information content (AvgIpc) is 2.78. The Labute approximate surface area is 174 Å². The van der Waals surface area contributed by atoms with Gasteiger partial charge in [-0.05, 0) is 35.4 Å². The zero-order chi connectivity index (χ0) is 20.8. The number of anilines is 2. The van der Waals surface area contributed by atoms with Crippen LogP contribution in [-0.2, 0) is 17.7 Å². The second kappa shape index (κ2) is 9.51. The fourth-order valence-electron chi connectivity index (χ4n) is 3.32. The molecule has 1 aliphatic rings. The number of morpholine rings is 1. The van der Waals surface area contributed by atoms with E-state index in [1.54, 1.807) is 7.11 Å². The zero-order valence-electron chi connectivity index (χ0n) is 16.9. The number of hydrogen-bond donors (Lipinski definition) is 2. The van der Waals surface area contributed by atoms with Gasteiger partial charge < -0.3 is 14.8 Å². The predicted molar refractivity (Wildman–Crippen MR) is 114 cm³/mol. The van der Waals surface area contributed by atoms with Gasteiger partial charge in [0.1, 0.15) is 11.4 Å². The summed E-state index contributed by atoms with van der Waals surface area (Å²) in [4.78, 5) is 17.5. The van der Waals surface area contributed by atoms with E-state index in [9.17, 15) is 4.79 Å². The Hall–Kier alpha value is -3.23. The van der Waals surface area contributed by atoms with Gasteiger partial charge in [0.05, 0.1) is 20.3 Å². The van der Waals surface area contributed by atoms with Gasteiger partial charge in [-0.15, -0.1) is 10.2 Å². The van der Waals surface area contributed by atoms with Gasteiger partial charge in [-0.1, -0.05) is 24.3 Å². The smallest absolute Gasteiger partial charge is 0.274 e. The molecule has 0 radical (unpaired) electrons. The van der Waals surface area contributed by atoms with Crippen LogP contribution in [0.4, 0.5) is 11.6 Å². The summed E-state index contributed by atoms with van der Waals surface area (Å²) in [7, 11) is 1.62. The van der Waals surface area contributed by atoms with Crippen molar-refractivity contribution in [2.75, 3.05) is 38.7 Å². The van der Waals surface area contributed by atoms with Crippen LogP contribution in [-0.4, -0.2) is 53.5 Å². The van der Waals surface area contributed by atoms with E-state index in [0.29, 0.717) is 18.1 Å². The molecule has 2 aromatic carbocycles. The van der Waals surface area contributed by atoms with E-state index in [0.717, 1.165) is 49.8 Å². The number of methoxy groups -OCH3 is 1. The summed E-state index contributed by atoms with van der Waals surface area (Å²) in [5.41, 5.74) is 3.15. The van der Waals surface area contributed by atoms with Gasteiger partial charge in [0.15, 0.2) is 0 Å². The molecule has 3 aromatic rings. The number of aromatic amines is 1. The summed E-state index contributed by atoms with van der Waals surface area (Å²) in [6, 6.07) is 15.6. The fraction of sp³-hybridized carbons (Fsp3) is 0.318. The lowest BCUT2D eigenvalue weighted by molar-refractivity contribution is 0.0342. The highest BCUT2D eigenvalue weighted by molar-refractivity contribution is 5.53. The summed E-state index contributed by atoms with van der Waals surface area (Å²) < 4.78 is 10.5. The summed E-state index contributed by atoms with van der Waals surface area (Å²) >= 11 is 0. The molecule has 0 aliphatic carbocycles. The molecule has 0 atom stereocenters. The molecule has 1 aromatic heterocycles. The van der Waals surface area contributed by atoms with Gasteiger partial charge in [0.25, 0.3) is 5.56 Å². The quantitative estimate of drug-likeness (QED) is 0.621. The molecule has 1 saturated heterocycles. The van der Waals surface area contributed by atoms with Crippen molar-refractivity contribution in [1.29, 1.82) is 0 Å². The van der Waals surface area contributed by atoms with Crippen LogP contribution in [0.5, 0.6) is 5.75 Å². The van der Waals surface area contributed by atoms with Crippen molar-refractivity contribution < 1.29 is 9.47 Å². The standard InChI is InChI=1S/C22H25N5O3/c1-29-19-8-4-16(5-9-19)14-20-21(28)24-22(26-25-20)23-18-6-2-17(3-7-18)15-27-10-12-30-13-11-27/h2-9H,10-15H2,1H3,(H2,23,24,26,28). The minimum atomic E-state index is -0.257. The van der Waals surface area contributed by atoms with Gasteiger partial charge in [-0.3, -0.25) is 14.7 Å². The molecule has 0 amide bonds. The summed E-state index contributed by atoms with van der Waals surface area (Å²) in [6.45, 7) is 4.40. The molecular formula is C22H25N5O3. The molecular weight excluding hydrogens is 382 g/mol. The van der Waals surface area contributed by atoms with Crippen LogP contribution in [0.2, 0.25) is 0 Å². The zero-order valence-corrected chi connectivity index (χ0v) is 16.9. The molecule has 0 saturated carbocycles. The van der Waals surface area contributed by atoms with Gasteiger partial charge in [0.2, 0.25) is 5.95 Å². The van der Waals surface area contributed by atoms with Crippen molar-refractivity contribution in [2.45, 2.75) is 13.0 Å². The van der Waals surface area contributed by atoms with E-state index < -0.39 is 0 Å². The average molecular weight is 407 g/mol. The molecule has 0 bridgehead atoms. The molecule has 2 heterocycles. The first-order chi connectivity index (χ1) is 14.7. The molecule has 30 heavy (non-hydrogen) atoms.